The molecule has 1 fully saturated rings. The second-order valence-corrected chi connectivity index (χ2v) is 7.35. The lowest BCUT2D eigenvalue weighted by Gasteiger charge is -2.30. The number of ether oxygens (including phenoxy) is 1. The molecule has 0 spiro atoms. The highest BCUT2D eigenvalue weighted by Crippen LogP contribution is 2.22. The Hall–Kier alpha value is 0.110. The van der Waals surface area contributed by atoms with Crippen LogP contribution in [0.2, 0.25) is 0 Å². The Morgan fingerprint density at radius 3 is 2.77 bits per heavy atom. The molecule has 2 N–H and O–H groups in total. The van der Waals surface area contributed by atoms with Crippen LogP contribution in [0.3, 0.4) is 0 Å². The molecule has 0 bridgehead atoms. The zero-order valence-electron chi connectivity index (χ0n) is 14.1. The van der Waals surface area contributed by atoms with Gasteiger partial charge in [0.2, 0.25) is 0 Å². The average Bonchev–Trinajstić information content (AvgIpc) is 2.53. The van der Waals surface area contributed by atoms with Crippen LogP contribution in [0.5, 0.6) is 0 Å². The van der Waals surface area contributed by atoms with Gasteiger partial charge < -0.3 is 15.4 Å². The normalized spacial score (nSPS) is 23.5. The molecule has 0 saturated heterocycles. The summed E-state index contributed by atoms with van der Waals surface area (Å²) in [6.45, 7) is 6.42. The lowest BCUT2D eigenvalue weighted by atomic mass is 9.95. The smallest absolute Gasteiger partial charge is 0.191 e. The van der Waals surface area contributed by atoms with E-state index in [1.807, 2.05) is 13.8 Å². The molecule has 132 valence electrons. The van der Waals surface area contributed by atoms with E-state index in [-0.39, 0.29) is 24.0 Å². The minimum Gasteiger partial charge on any atom is -0.382 e. The number of hydrogen-bond acceptors (Lipinski definition) is 3. The predicted molar refractivity (Wildman–Crippen MR) is 106 cm³/mol. The maximum absolute atomic E-state index is 12.0. The maximum atomic E-state index is 12.0. The van der Waals surface area contributed by atoms with Gasteiger partial charge in [0.05, 0.1) is 0 Å². The molecule has 1 aliphatic carbocycles. The van der Waals surface area contributed by atoms with E-state index in [9.17, 15) is 4.21 Å². The van der Waals surface area contributed by atoms with E-state index in [1.165, 1.54) is 0 Å². The molecule has 7 heteroatoms. The Bertz CT molecular complexity index is 343. The summed E-state index contributed by atoms with van der Waals surface area (Å²) in [5, 5.41) is 7.13. The van der Waals surface area contributed by atoms with Gasteiger partial charge in [-0.2, -0.15) is 0 Å². The molecule has 0 radical (unpaired) electrons. The Kier molecular flexibility index (Phi) is 13.6. The van der Waals surface area contributed by atoms with E-state index in [2.05, 4.69) is 15.6 Å². The van der Waals surface area contributed by atoms with Crippen molar-refractivity contribution >= 4 is 40.7 Å². The van der Waals surface area contributed by atoms with Gasteiger partial charge in [-0.1, -0.05) is 13.3 Å². The molecular weight excluding hydrogens is 413 g/mol. The molecule has 3 atom stereocenters. The molecule has 0 aliphatic heterocycles. The fraction of sp³-hybridized carbons (Fsp3) is 0.933. The molecule has 0 aromatic rings. The van der Waals surface area contributed by atoms with Gasteiger partial charge in [-0.15, -0.1) is 24.0 Å². The van der Waals surface area contributed by atoms with Crippen molar-refractivity contribution in [2.24, 2.45) is 4.99 Å². The van der Waals surface area contributed by atoms with Crippen LogP contribution in [-0.4, -0.2) is 54.0 Å². The van der Waals surface area contributed by atoms with E-state index < -0.39 is 10.8 Å². The van der Waals surface area contributed by atoms with Gasteiger partial charge in [0.25, 0.3) is 0 Å². The molecule has 1 saturated carbocycles. The summed E-state index contributed by atoms with van der Waals surface area (Å²) < 4.78 is 17.3. The van der Waals surface area contributed by atoms with Crippen LogP contribution >= 0.6 is 24.0 Å². The predicted octanol–water partition coefficient (Wildman–Crippen LogP) is 2.28. The first kappa shape index (κ1) is 22.1. The zero-order valence-corrected chi connectivity index (χ0v) is 17.2. The topological polar surface area (TPSA) is 62.7 Å². The standard InChI is InChI=1S/C15H31N3O2S.HI/c1-4-20-11-7-10-17-15(16-3)18-13-8-6-9-14(12-13)21(19)5-2;/h13-14H,4-12H2,1-3H3,(H2,16,17,18);1H. The summed E-state index contributed by atoms with van der Waals surface area (Å²) in [7, 11) is 1.12. The molecular formula is C15H32IN3O2S. The Balaban J connectivity index is 0.00000441. The van der Waals surface area contributed by atoms with Gasteiger partial charge in [0, 0.05) is 54.7 Å². The third-order valence-electron chi connectivity index (χ3n) is 3.81. The second-order valence-electron chi connectivity index (χ2n) is 5.35. The third kappa shape index (κ3) is 8.67. The molecule has 0 aromatic carbocycles. The highest BCUT2D eigenvalue weighted by atomic mass is 127. The number of nitrogens with one attached hydrogen (secondary N) is 2. The fourth-order valence-corrected chi connectivity index (χ4v) is 4.01. The van der Waals surface area contributed by atoms with E-state index in [4.69, 9.17) is 4.74 Å². The fourth-order valence-electron chi connectivity index (χ4n) is 2.66. The minimum absolute atomic E-state index is 0. The molecule has 5 nitrogen and oxygen atoms in total. The van der Waals surface area contributed by atoms with Crippen molar-refractivity contribution in [3.05, 3.63) is 0 Å². The highest BCUT2D eigenvalue weighted by Gasteiger charge is 2.25. The lowest BCUT2D eigenvalue weighted by molar-refractivity contribution is 0.145. The average molecular weight is 445 g/mol. The summed E-state index contributed by atoms with van der Waals surface area (Å²) in [5.41, 5.74) is 0. The number of aliphatic imine (C=N–C) groups is 1. The van der Waals surface area contributed by atoms with Crippen molar-refractivity contribution in [3.8, 4) is 0 Å². The summed E-state index contributed by atoms with van der Waals surface area (Å²) >= 11 is 0. The van der Waals surface area contributed by atoms with Crippen molar-refractivity contribution < 1.29 is 8.95 Å². The van der Waals surface area contributed by atoms with Crippen LogP contribution in [0, 0.1) is 0 Å². The van der Waals surface area contributed by atoms with Gasteiger partial charge >= 0.3 is 0 Å². The number of guanidine groups is 1. The first-order valence-corrected chi connectivity index (χ1v) is 9.51. The Labute approximate surface area is 154 Å². The quantitative estimate of drug-likeness (QED) is 0.261. The Morgan fingerprint density at radius 2 is 2.14 bits per heavy atom. The molecule has 1 rings (SSSR count). The summed E-state index contributed by atoms with van der Waals surface area (Å²) in [6.07, 6.45) is 5.34. The highest BCUT2D eigenvalue weighted by molar-refractivity contribution is 14.0. The number of rotatable bonds is 8. The summed E-state index contributed by atoms with van der Waals surface area (Å²) in [6, 6.07) is 0.386. The SMILES string of the molecule is CCOCCCNC(=NC)NC1CCCC(S(=O)CC)C1.I. The van der Waals surface area contributed by atoms with E-state index in [1.54, 1.807) is 7.05 Å². The third-order valence-corrected chi connectivity index (χ3v) is 5.55. The Morgan fingerprint density at radius 1 is 1.36 bits per heavy atom. The van der Waals surface area contributed by atoms with Crippen LogP contribution in [0.1, 0.15) is 46.0 Å². The first-order valence-electron chi connectivity index (χ1n) is 8.13. The van der Waals surface area contributed by atoms with Crippen molar-refractivity contribution in [2.75, 3.05) is 32.6 Å². The van der Waals surface area contributed by atoms with Crippen LogP contribution < -0.4 is 10.6 Å². The van der Waals surface area contributed by atoms with Crippen LogP contribution in [0.4, 0.5) is 0 Å². The lowest BCUT2D eigenvalue weighted by Crippen LogP contribution is -2.46. The summed E-state index contributed by atoms with van der Waals surface area (Å²) in [5.74, 6) is 1.61. The van der Waals surface area contributed by atoms with E-state index >= 15 is 0 Å². The minimum atomic E-state index is -0.677. The first-order chi connectivity index (χ1) is 10.2. The van der Waals surface area contributed by atoms with Gasteiger partial charge in [0.1, 0.15) is 0 Å². The van der Waals surface area contributed by atoms with Crippen molar-refractivity contribution in [1.82, 2.24) is 10.6 Å². The molecule has 3 unspecified atom stereocenters. The number of hydrogen-bond donors (Lipinski definition) is 2. The molecule has 0 amide bonds. The van der Waals surface area contributed by atoms with E-state index in [0.717, 1.165) is 63.6 Å². The summed E-state index contributed by atoms with van der Waals surface area (Å²) in [4.78, 5) is 4.27. The van der Waals surface area contributed by atoms with Crippen LogP contribution in [0.15, 0.2) is 4.99 Å². The second kappa shape index (κ2) is 13.5. The number of halogens is 1. The van der Waals surface area contributed by atoms with Gasteiger partial charge in [0.15, 0.2) is 5.96 Å². The number of nitrogens with zero attached hydrogens (tertiary/aromatic N) is 1. The molecule has 0 heterocycles. The van der Waals surface area contributed by atoms with E-state index in [0.29, 0.717) is 11.3 Å². The van der Waals surface area contributed by atoms with Gasteiger partial charge in [-0.3, -0.25) is 9.20 Å². The van der Waals surface area contributed by atoms with Crippen molar-refractivity contribution in [2.45, 2.75) is 57.2 Å². The van der Waals surface area contributed by atoms with Crippen molar-refractivity contribution in [3.63, 3.8) is 0 Å². The molecule has 22 heavy (non-hydrogen) atoms. The molecule has 0 aromatic heterocycles. The monoisotopic (exact) mass is 445 g/mol. The molecule has 1 aliphatic rings. The van der Waals surface area contributed by atoms with Gasteiger partial charge in [-0.05, 0) is 32.6 Å². The van der Waals surface area contributed by atoms with Gasteiger partial charge in [-0.25, -0.2) is 0 Å². The largest absolute Gasteiger partial charge is 0.382 e. The van der Waals surface area contributed by atoms with Crippen molar-refractivity contribution in [1.29, 1.82) is 0 Å². The zero-order chi connectivity index (χ0) is 15.5. The maximum Gasteiger partial charge on any atom is 0.191 e. The van der Waals surface area contributed by atoms with Crippen LogP contribution in [-0.2, 0) is 15.5 Å². The van der Waals surface area contributed by atoms with Crippen LogP contribution in [0.25, 0.3) is 0 Å².